The second-order valence-corrected chi connectivity index (χ2v) is 8.08. The summed E-state index contributed by atoms with van der Waals surface area (Å²) in [5.41, 5.74) is 1.85. The number of morpholine rings is 1. The summed E-state index contributed by atoms with van der Waals surface area (Å²) in [6.07, 6.45) is 1.42. The summed E-state index contributed by atoms with van der Waals surface area (Å²) in [5.74, 6) is 0. The Balaban J connectivity index is 1.84. The zero-order chi connectivity index (χ0) is 20.7. The Kier molecular flexibility index (Phi) is 7.30. The minimum Gasteiger partial charge on any atom is -0.379 e. The molecule has 2 aromatic rings. The number of nitrogens with one attached hydrogen (secondary N) is 1. The lowest BCUT2D eigenvalue weighted by atomic mass is 9.90. The third-order valence-corrected chi connectivity index (χ3v) is 5.73. The summed E-state index contributed by atoms with van der Waals surface area (Å²) in [7, 11) is 0. The molecule has 1 saturated heterocycles. The Bertz CT molecular complexity index is 832. The molecular formula is C22H27N3O3S. The number of benzene rings is 2. The van der Waals surface area contributed by atoms with Crippen LogP contribution in [0.5, 0.6) is 0 Å². The molecular weight excluding hydrogens is 386 g/mol. The molecule has 1 amide bonds. The van der Waals surface area contributed by atoms with Crippen molar-refractivity contribution in [2.24, 2.45) is 5.16 Å². The zero-order valence-corrected chi connectivity index (χ0v) is 17.9. The van der Waals surface area contributed by atoms with E-state index in [0.29, 0.717) is 24.6 Å². The van der Waals surface area contributed by atoms with Crippen molar-refractivity contribution in [1.82, 2.24) is 4.90 Å². The molecule has 29 heavy (non-hydrogen) atoms. The van der Waals surface area contributed by atoms with Gasteiger partial charge in [-0.15, -0.1) is 11.8 Å². The maximum atomic E-state index is 12.3. The van der Waals surface area contributed by atoms with Crippen molar-refractivity contribution in [3.05, 3.63) is 60.2 Å². The van der Waals surface area contributed by atoms with E-state index < -0.39 is 11.6 Å². The lowest BCUT2D eigenvalue weighted by Gasteiger charge is -2.41. The number of carbonyl (C=O) groups excluding carboxylic acids is 1. The van der Waals surface area contributed by atoms with Crippen LogP contribution < -0.4 is 5.32 Å². The van der Waals surface area contributed by atoms with Crippen molar-refractivity contribution in [3.8, 4) is 0 Å². The number of hydrogen-bond acceptors (Lipinski definition) is 6. The maximum Gasteiger partial charge on any atom is 0.437 e. The molecule has 0 unspecified atom stereocenters. The minimum atomic E-state index is -0.618. The van der Waals surface area contributed by atoms with Gasteiger partial charge >= 0.3 is 6.09 Å². The summed E-state index contributed by atoms with van der Waals surface area (Å²) in [4.78, 5) is 21.0. The third kappa shape index (κ3) is 5.59. The lowest BCUT2D eigenvalue weighted by molar-refractivity contribution is 0.00942. The predicted octanol–water partition coefficient (Wildman–Crippen LogP) is 4.47. The molecule has 0 aliphatic carbocycles. The van der Waals surface area contributed by atoms with Crippen molar-refractivity contribution in [2.75, 3.05) is 37.9 Å². The van der Waals surface area contributed by atoms with E-state index >= 15 is 0 Å². The number of rotatable bonds is 6. The molecule has 0 spiro atoms. The van der Waals surface area contributed by atoms with E-state index in [0.717, 1.165) is 18.7 Å². The van der Waals surface area contributed by atoms with Crippen LogP contribution >= 0.6 is 11.8 Å². The van der Waals surface area contributed by atoms with Gasteiger partial charge in [0.1, 0.15) is 5.71 Å². The number of amides is 1. The Labute approximate surface area is 176 Å². The topological polar surface area (TPSA) is 63.2 Å². The standard InChI is InChI=1S/C22H27N3O3S/c1-22(2,25-13-15-27-16-14-25)20(17-9-11-19(29-3)12-10-17)24-28-21(26)23-18-7-5-4-6-8-18/h4-12H,13-16H2,1-3H3,(H,23,26)/b24-20-. The maximum absolute atomic E-state index is 12.3. The fraction of sp³-hybridized carbons (Fsp3) is 0.364. The summed E-state index contributed by atoms with van der Waals surface area (Å²) in [5, 5.41) is 7.00. The van der Waals surface area contributed by atoms with Gasteiger partial charge in [0.2, 0.25) is 0 Å². The predicted molar refractivity (Wildman–Crippen MR) is 118 cm³/mol. The van der Waals surface area contributed by atoms with Gasteiger partial charge in [-0.1, -0.05) is 35.5 Å². The van der Waals surface area contributed by atoms with Gasteiger partial charge in [0.05, 0.1) is 18.8 Å². The van der Waals surface area contributed by atoms with Crippen LogP contribution in [-0.4, -0.2) is 54.8 Å². The number of nitrogens with zero attached hydrogens (tertiary/aromatic N) is 2. The third-order valence-electron chi connectivity index (χ3n) is 4.98. The van der Waals surface area contributed by atoms with E-state index in [4.69, 9.17) is 9.57 Å². The average molecular weight is 414 g/mol. The van der Waals surface area contributed by atoms with Gasteiger partial charge in [0.25, 0.3) is 0 Å². The summed E-state index contributed by atoms with van der Waals surface area (Å²) in [6.45, 7) is 7.14. The second kappa shape index (κ2) is 9.91. The van der Waals surface area contributed by atoms with Crippen LogP contribution in [0.15, 0.2) is 64.6 Å². The second-order valence-electron chi connectivity index (χ2n) is 7.20. The SMILES string of the molecule is CSc1ccc(/C(=N/OC(=O)Nc2ccccc2)C(C)(C)N2CCOCC2)cc1. The molecule has 0 bridgehead atoms. The van der Waals surface area contributed by atoms with Crippen LogP contribution in [0.25, 0.3) is 0 Å². The smallest absolute Gasteiger partial charge is 0.379 e. The van der Waals surface area contributed by atoms with Gasteiger partial charge in [-0.3, -0.25) is 15.1 Å². The molecule has 3 rings (SSSR count). The number of thioether (sulfide) groups is 1. The molecule has 1 aliphatic rings. The number of carbonyl (C=O) groups is 1. The van der Waals surface area contributed by atoms with Gasteiger partial charge in [0, 0.05) is 29.2 Å². The van der Waals surface area contributed by atoms with E-state index in [2.05, 4.69) is 41.4 Å². The van der Waals surface area contributed by atoms with E-state index in [1.807, 2.05) is 36.6 Å². The van der Waals surface area contributed by atoms with Crippen molar-refractivity contribution in [1.29, 1.82) is 0 Å². The van der Waals surface area contributed by atoms with Crippen LogP contribution in [0.2, 0.25) is 0 Å². The number of para-hydroxylation sites is 1. The molecule has 2 aromatic carbocycles. The molecule has 0 atom stereocenters. The quantitative estimate of drug-likeness (QED) is 0.328. The molecule has 154 valence electrons. The highest BCUT2D eigenvalue weighted by Gasteiger charge is 2.35. The molecule has 1 heterocycles. The summed E-state index contributed by atoms with van der Waals surface area (Å²) in [6, 6.07) is 17.3. The highest BCUT2D eigenvalue weighted by Crippen LogP contribution is 2.25. The Morgan fingerprint density at radius 1 is 1.10 bits per heavy atom. The van der Waals surface area contributed by atoms with Crippen molar-refractivity contribution >= 4 is 29.3 Å². The Morgan fingerprint density at radius 2 is 1.76 bits per heavy atom. The van der Waals surface area contributed by atoms with E-state index in [1.54, 1.807) is 23.9 Å². The van der Waals surface area contributed by atoms with Crippen LogP contribution in [0.4, 0.5) is 10.5 Å². The van der Waals surface area contributed by atoms with Crippen LogP contribution in [-0.2, 0) is 9.57 Å². The van der Waals surface area contributed by atoms with Crippen LogP contribution in [0.1, 0.15) is 19.4 Å². The normalized spacial score (nSPS) is 15.8. The zero-order valence-electron chi connectivity index (χ0n) is 17.1. The van der Waals surface area contributed by atoms with Gasteiger partial charge in [-0.2, -0.15) is 0 Å². The molecule has 0 saturated carbocycles. The highest BCUT2D eigenvalue weighted by molar-refractivity contribution is 7.98. The minimum absolute atomic E-state index is 0.433. The number of anilines is 1. The van der Waals surface area contributed by atoms with Crippen LogP contribution in [0, 0.1) is 0 Å². The fourth-order valence-electron chi connectivity index (χ4n) is 3.29. The van der Waals surface area contributed by atoms with E-state index in [-0.39, 0.29) is 0 Å². The number of ether oxygens (including phenoxy) is 1. The first-order chi connectivity index (χ1) is 14.0. The number of hydrogen-bond donors (Lipinski definition) is 1. The first kappa shape index (κ1) is 21.4. The summed E-state index contributed by atoms with van der Waals surface area (Å²) < 4.78 is 5.50. The van der Waals surface area contributed by atoms with E-state index in [1.165, 1.54) is 4.90 Å². The largest absolute Gasteiger partial charge is 0.437 e. The van der Waals surface area contributed by atoms with Crippen molar-refractivity contribution < 1.29 is 14.4 Å². The van der Waals surface area contributed by atoms with Crippen molar-refractivity contribution in [3.63, 3.8) is 0 Å². The molecule has 6 nitrogen and oxygen atoms in total. The first-order valence-corrected chi connectivity index (χ1v) is 10.8. The monoisotopic (exact) mass is 413 g/mol. The van der Waals surface area contributed by atoms with Gasteiger partial charge < -0.3 is 4.74 Å². The molecule has 7 heteroatoms. The van der Waals surface area contributed by atoms with E-state index in [9.17, 15) is 4.79 Å². The molecule has 0 aromatic heterocycles. The first-order valence-electron chi connectivity index (χ1n) is 9.59. The molecule has 1 aliphatic heterocycles. The van der Waals surface area contributed by atoms with Gasteiger partial charge in [-0.25, -0.2) is 4.79 Å². The Hall–Kier alpha value is -2.35. The molecule has 0 radical (unpaired) electrons. The average Bonchev–Trinajstić information content (AvgIpc) is 2.75. The van der Waals surface area contributed by atoms with Gasteiger partial charge in [-0.05, 0) is 44.4 Å². The fourth-order valence-corrected chi connectivity index (χ4v) is 3.70. The van der Waals surface area contributed by atoms with Gasteiger partial charge in [0.15, 0.2) is 0 Å². The van der Waals surface area contributed by atoms with Crippen LogP contribution in [0.3, 0.4) is 0 Å². The molecule has 1 N–H and O–H groups in total. The number of oxime groups is 1. The Morgan fingerprint density at radius 3 is 2.38 bits per heavy atom. The lowest BCUT2D eigenvalue weighted by Crippen LogP contribution is -2.54. The molecule has 1 fully saturated rings. The van der Waals surface area contributed by atoms with Crippen molar-refractivity contribution in [2.45, 2.75) is 24.3 Å². The highest BCUT2D eigenvalue weighted by atomic mass is 32.2. The summed E-state index contributed by atoms with van der Waals surface area (Å²) >= 11 is 1.68.